The highest BCUT2D eigenvalue weighted by atomic mass is 32.1. The van der Waals surface area contributed by atoms with Gasteiger partial charge < -0.3 is 9.88 Å². The third-order valence-electron chi connectivity index (χ3n) is 4.75. The lowest BCUT2D eigenvalue weighted by Gasteiger charge is -2.08. The Bertz CT molecular complexity index is 1110. The molecule has 0 radical (unpaired) electrons. The molecular weight excluding hydrogens is 344 g/mol. The van der Waals surface area contributed by atoms with Gasteiger partial charge in [0.05, 0.1) is 27.6 Å². The summed E-state index contributed by atoms with van der Waals surface area (Å²) in [5.74, 6) is 1.05. The van der Waals surface area contributed by atoms with E-state index in [2.05, 4.69) is 19.9 Å². The van der Waals surface area contributed by atoms with Crippen molar-refractivity contribution in [2.45, 2.75) is 19.4 Å². The molecule has 0 spiro atoms. The minimum Gasteiger partial charge on any atom is -0.328 e. The maximum Gasteiger partial charge on any atom is 0.255 e. The molecule has 4 aromatic rings. The van der Waals surface area contributed by atoms with E-state index in [1.807, 2.05) is 42.6 Å². The third kappa shape index (κ3) is 2.59. The molecule has 2 aromatic carbocycles. The average molecular weight is 360 g/mol. The molecule has 1 N–H and O–H groups in total. The molecule has 0 atom stereocenters. The van der Waals surface area contributed by atoms with E-state index in [1.54, 1.807) is 11.6 Å². The molecule has 6 heteroatoms. The van der Waals surface area contributed by atoms with Gasteiger partial charge in [-0.15, -0.1) is 11.3 Å². The summed E-state index contributed by atoms with van der Waals surface area (Å²) < 4.78 is 3.29. The van der Waals surface area contributed by atoms with Gasteiger partial charge in [0.2, 0.25) is 0 Å². The second-order valence-electron chi connectivity index (χ2n) is 6.38. The van der Waals surface area contributed by atoms with Crippen molar-refractivity contribution in [3.8, 4) is 11.3 Å². The second-order valence-corrected chi connectivity index (χ2v) is 7.27. The SMILES string of the molecule is O=C(Nc1ccc(-c2cnc3n2CCC3)cc1)c1ccc2ncsc2c1. The average Bonchev–Trinajstić information content (AvgIpc) is 3.38. The van der Waals surface area contributed by atoms with Crippen LogP contribution in [0.25, 0.3) is 21.5 Å². The molecular formula is C20H16N4OS. The normalized spacial score (nSPS) is 13.1. The maximum atomic E-state index is 12.5. The zero-order valence-electron chi connectivity index (χ0n) is 14.0. The fourth-order valence-electron chi connectivity index (χ4n) is 3.41. The van der Waals surface area contributed by atoms with Gasteiger partial charge in [0.25, 0.3) is 5.91 Å². The molecule has 0 aliphatic carbocycles. The second kappa shape index (κ2) is 6.07. The summed E-state index contributed by atoms with van der Waals surface area (Å²) in [5.41, 5.74) is 6.40. The zero-order valence-corrected chi connectivity index (χ0v) is 14.8. The molecule has 1 amide bonds. The lowest BCUT2D eigenvalue weighted by Crippen LogP contribution is -2.11. The molecule has 3 heterocycles. The molecule has 5 rings (SSSR count). The van der Waals surface area contributed by atoms with Gasteiger partial charge >= 0.3 is 0 Å². The number of nitrogens with zero attached hydrogens (tertiary/aromatic N) is 3. The van der Waals surface area contributed by atoms with Gasteiger partial charge in [-0.1, -0.05) is 12.1 Å². The monoisotopic (exact) mass is 360 g/mol. The summed E-state index contributed by atoms with van der Waals surface area (Å²) in [5, 5.41) is 2.96. The summed E-state index contributed by atoms with van der Waals surface area (Å²) >= 11 is 1.54. The summed E-state index contributed by atoms with van der Waals surface area (Å²) in [6.07, 6.45) is 4.15. The van der Waals surface area contributed by atoms with E-state index in [1.165, 1.54) is 11.3 Å². The van der Waals surface area contributed by atoms with Crippen molar-refractivity contribution in [2.24, 2.45) is 0 Å². The van der Waals surface area contributed by atoms with Gasteiger partial charge in [-0.3, -0.25) is 4.79 Å². The van der Waals surface area contributed by atoms with Gasteiger partial charge in [-0.25, -0.2) is 9.97 Å². The van der Waals surface area contributed by atoms with Crippen molar-refractivity contribution in [1.82, 2.24) is 14.5 Å². The first-order valence-corrected chi connectivity index (χ1v) is 9.45. The highest BCUT2D eigenvalue weighted by Crippen LogP contribution is 2.27. The van der Waals surface area contributed by atoms with Crippen molar-refractivity contribution in [1.29, 1.82) is 0 Å². The number of aromatic nitrogens is 3. The Morgan fingerprint density at radius 3 is 2.88 bits per heavy atom. The topological polar surface area (TPSA) is 59.8 Å². The molecule has 2 aromatic heterocycles. The van der Waals surface area contributed by atoms with Crippen LogP contribution in [0.4, 0.5) is 5.69 Å². The van der Waals surface area contributed by atoms with Crippen molar-refractivity contribution < 1.29 is 4.79 Å². The van der Waals surface area contributed by atoms with Gasteiger partial charge in [0.1, 0.15) is 5.82 Å². The quantitative estimate of drug-likeness (QED) is 0.590. The Morgan fingerprint density at radius 1 is 1.12 bits per heavy atom. The number of aryl methyl sites for hydroxylation is 1. The molecule has 5 nitrogen and oxygen atoms in total. The van der Waals surface area contributed by atoms with E-state index in [4.69, 9.17) is 0 Å². The fraction of sp³-hybridized carbons (Fsp3) is 0.150. The number of anilines is 1. The van der Waals surface area contributed by atoms with E-state index >= 15 is 0 Å². The maximum absolute atomic E-state index is 12.5. The number of rotatable bonds is 3. The number of carbonyl (C=O) groups is 1. The van der Waals surface area contributed by atoms with Crippen molar-refractivity contribution in [3.05, 3.63) is 65.6 Å². The summed E-state index contributed by atoms with van der Waals surface area (Å²) in [4.78, 5) is 21.2. The molecule has 26 heavy (non-hydrogen) atoms. The third-order valence-corrected chi connectivity index (χ3v) is 5.54. The molecule has 1 aliphatic rings. The molecule has 1 aliphatic heterocycles. The molecule has 0 saturated carbocycles. The number of benzene rings is 2. The highest BCUT2D eigenvalue weighted by molar-refractivity contribution is 7.16. The van der Waals surface area contributed by atoms with Gasteiger partial charge in [0.15, 0.2) is 0 Å². The summed E-state index contributed by atoms with van der Waals surface area (Å²) in [6.45, 7) is 1.03. The van der Waals surface area contributed by atoms with Crippen LogP contribution in [0, 0.1) is 0 Å². The van der Waals surface area contributed by atoms with E-state index < -0.39 is 0 Å². The van der Waals surface area contributed by atoms with Crippen LogP contribution in [-0.2, 0) is 13.0 Å². The van der Waals surface area contributed by atoms with Crippen molar-refractivity contribution in [3.63, 3.8) is 0 Å². The number of hydrogen-bond acceptors (Lipinski definition) is 4. The van der Waals surface area contributed by atoms with Crippen LogP contribution in [0.5, 0.6) is 0 Å². The van der Waals surface area contributed by atoms with Gasteiger partial charge in [-0.2, -0.15) is 0 Å². The first-order chi connectivity index (χ1) is 12.8. The van der Waals surface area contributed by atoms with Crippen molar-refractivity contribution in [2.75, 3.05) is 5.32 Å². The molecule has 0 unspecified atom stereocenters. The number of fused-ring (bicyclic) bond motifs is 2. The van der Waals surface area contributed by atoms with E-state index in [0.29, 0.717) is 5.56 Å². The van der Waals surface area contributed by atoms with Crippen LogP contribution < -0.4 is 5.32 Å². The Morgan fingerprint density at radius 2 is 2.00 bits per heavy atom. The Kier molecular flexibility index (Phi) is 3.57. The Labute approximate surface area is 154 Å². The number of nitrogens with one attached hydrogen (secondary N) is 1. The van der Waals surface area contributed by atoms with Crippen LogP contribution in [0.3, 0.4) is 0 Å². The van der Waals surface area contributed by atoms with Crippen LogP contribution in [0.1, 0.15) is 22.6 Å². The van der Waals surface area contributed by atoms with Crippen molar-refractivity contribution >= 4 is 33.1 Å². The largest absolute Gasteiger partial charge is 0.328 e. The first-order valence-electron chi connectivity index (χ1n) is 8.57. The minimum absolute atomic E-state index is 0.113. The van der Waals surface area contributed by atoms with Gasteiger partial charge in [0, 0.05) is 24.2 Å². The summed E-state index contributed by atoms with van der Waals surface area (Å²) in [6, 6.07) is 13.5. The van der Waals surface area contributed by atoms with Crippen LogP contribution in [0.15, 0.2) is 54.2 Å². The molecule has 0 bridgehead atoms. The Balaban J connectivity index is 1.36. The predicted octanol–water partition coefficient (Wildman–Crippen LogP) is 4.36. The number of amides is 1. The highest BCUT2D eigenvalue weighted by Gasteiger charge is 2.16. The zero-order chi connectivity index (χ0) is 17.5. The number of carbonyl (C=O) groups excluding carboxylic acids is 1. The lowest BCUT2D eigenvalue weighted by atomic mass is 10.1. The van der Waals surface area contributed by atoms with Crippen LogP contribution in [0.2, 0.25) is 0 Å². The van der Waals surface area contributed by atoms with E-state index in [0.717, 1.165) is 52.4 Å². The van der Waals surface area contributed by atoms with Crippen LogP contribution in [-0.4, -0.2) is 20.4 Å². The standard InChI is InChI=1S/C20H16N4OS/c25-20(14-5-8-16-18(10-14)26-12-22-16)23-15-6-3-13(4-7-15)17-11-21-19-2-1-9-24(17)19/h3-8,10-12H,1-2,9H2,(H,23,25). The fourth-order valence-corrected chi connectivity index (χ4v) is 4.13. The molecule has 0 fully saturated rings. The minimum atomic E-state index is -0.113. The number of thiazole rings is 1. The van der Waals surface area contributed by atoms with E-state index in [-0.39, 0.29) is 5.91 Å². The molecule has 0 saturated heterocycles. The number of imidazole rings is 1. The molecule has 128 valence electrons. The van der Waals surface area contributed by atoms with Crippen LogP contribution >= 0.6 is 11.3 Å². The lowest BCUT2D eigenvalue weighted by molar-refractivity contribution is 0.102. The first kappa shape index (κ1) is 15.3. The predicted molar refractivity (Wildman–Crippen MR) is 104 cm³/mol. The van der Waals surface area contributed by atoms with E-state index in [9.17, 15) is 4.79 Å². The smallest absolute Gasteiger partial charge is 0.255 e. The summed E-state index contributed by atoms with van der Waals surface area (Å²) in [7, 11) is 0. The Hall–Kier alpha value is -2.99. The van der Waals surface area contributed by atoms with Gasteiger partial charge in [-0.05, 0) is 42.3 Å². The number of hydrogen-bond donors (Lipinski definition) is 1.